The van der Waals surface area contributed by atoms with Gasteiger partial charge in [0.2, 0.25) is 10.0 Å². The van der Waals surface area contributed by atoms with Crippen molar-refractivity contribution in [2.45, 2.75) is 11.3 Å². The molecule has 0 fully saturated rings. The van der Waals surface area contributed by atoms with Crippen molar-refractivity contribution in [3.8, 4) is 0 Å². The summed E-state index contributed by atoms with van der Waals surface area (Å²) in [5.74, 6) is 0. The lowest BCUT2D eigenvalue weighted by molar-refractivity contribution is 0.289. The lowest BCUT2D eigenvalue weighted by Crippen LogP contribution is -2.25. The molecule has 0 saturated carbocycles. The molecule has 2 N–H and O–H groups in total. The molecule has 0 aliphatic heterocycles. The van der Waals surface area contributed by atoms with Crippen molar-refractivity contribution in [2.75, 3.05) is 13.2 Å². The summed E-state index contributed by atoms with van der Waals surface area (Å²) in [4.78, 5) is 11.9. The van der Waals surface area contributed by atoms with Crippen molar-refractivity contribution in [3.05, 3.63) is 28.7 Å². The molecule has 8 heteroatoms. The molecule has 0 unspecified atom stereocenters. The smallest absolute Gasteiger partial charge is 0.328 e. The van der Waals surface area contributed by atoms with Crippen LogP contribution < -0.4 is 10.4 Å². The average Bonchev–Trinajstić information content (AvgIpc) is 2.64. The largest absolute Gasteiger partial charge is 0.396 e. The van der Waals surface area contributed by atoms with E-state index in [-0.39, 0.29) is 23.7 Å². The van der Waals surface area contributed by atoms with Crippen LogP contribution in [0.25, 0.3) is 11.0 Å². The number of aromatic nitrogens is 2. The van der Waals surface area contributed by atoms with Crippen LogP contribution in [0.5, 0.6) is 0 Å². The second-order valence-electron chi connectivity index (χ2n) is 4.53. The van der Waals surface area contributed by atoms with Gasteiger partial charge < -0.3 is 5.11 Å². The number of aryl methyl sites for hydroxylation is 2. The summed E-state index contributed by atoms with van der Waals surface area (Å²) in [5, 5.41) is 8.67. The molecule has 0 atom stereocenters. The van der Waals surface area contributed by atoms with Gasteiger partial charge in [0.15, 0.2) is 0 Å². The summed E-state index contributed by atoms with van der Waals surface area (Å²) in [6.07, 6.45) is 0.352. The summed E-state index contributed by atoms with van der Waals surface area (Å²) >= 11 is 0. The van der Waals surface area contributed by atoms with E-state index in [0.29, 0.717) is 17.5 Å². The molecule has 1 aromatic carbocycles. The molecule has 0 aliphatic rings. The topological polar surface area (TPSA) is 93.3 Å². The minimum absolute atomic E-state index is 0.0747. The maximum absolute atomic E-state index is 12.1. The normalized spacial score (nSPS) is 12.2. The maximum atomic E-state index is 12.1. The fraction of sp³-hybridized carbons (Fsp3) is 0.417. The molecule has 20 heavy (non-hydrogen) atoms. The highest BCUT2D eigenvalue weighted by molar-refractivity contribution is 7.89. The van der Waals surface area contributed by atoms with Crippen LogP contribution in [0.3, 0.4) is 0 Å². The lowest BCUT2D eigenvalue weighted by Gasteiger charge is -2.06. The zero-order valence-corrected chi connectivity index (χ0v) is 12.1. The van der Waals surface area contributed by atoms with E-state index in [1.54, 1.807) is 20.2 Å². The van der Waals surface area contributed by atoms with E-state index in [1.165, 1.54) is 21.3 Å². The fourth-order valence-electron chi connectivity index (χ4n) is 2.02. The van der Waals surface area contributed by atoms with Crippen LogP contribution in [0.2, 0.25) is 0 Å². The Morgan fingerprint density at radius 1 is 1.20 bits per heavy atom. The maximum Gasteiger partial charge on any atom is 0.328 e. The molecular weight excluding hydrogens is 282 g/mol. The highest BCUT2D eigenvalue weighted by Gasteiger charge is 2.16. The van der Waals surface area contributed by atoms with E-state index in [0.717, 1.165) is 0 Å². The van der Waals surface area contributed by atoms with Crippen LogP contribution in [0.1, 0.15) is 6.42 Å². The van der Waals surface area contributed by atoms with E-state index in [1.807, 2.05) is 0 Å². The third-order valence-corrected chi connectivity index (χ3v) is 4.64. The highest BCUT2D eigenvalue weighted by Crippen LogP contribution is 2.17. The van der Waals surface area contributed by atoms with Crippen LogP contribution in [0.4, 0.5) is 0 Å². The number of hydrogen-bond acceptors (Lipinski definition) is 4. The number of aliphatic hydroxyl groups excluding tert-OH is 1. The van der Waals surface area contributed by atoms with Crippen molar-refractivity contribution in [2.24, 2.45) is 14.1 Å². The molecule has 7 nitrogen and oxygen atoms in total. The highest BCUT2D eigenvalue weighted by atomic mass is 32.2. The quantitative estimate of drug-likeness (QED) is 0.731. The zero-order chi connectivity index (χ0) is 14.9. The third kappa shape index (κ3) is 2.49. The molecule has 2 aromatic rings. The SMILES string of the molecule is Cn1c(=O)n(C)c2cc(S(=O)(=O)NCCCO)ccc21. The van der Waals surface area contributed by atoms with Crippen LogP contribution in [-0.4, -0.2) is 35.8 Å². The first-order valence-corrected chi connectivity index (χ1v) is 7.63. The molecule has 110 valence electrons. The minimum atomic E-state index is -3.63. The lowest BCUT2D eigenvalue weighted by atomic mass is 10.3. The van der Waals surface area contributed by atoms with Gasteiger partial charge in [-0.3, -0.25) is 9.13 Å². The Bertz CT molecular complexity index is 789. The molecule has 1 heterocycles. The Morgan fingerprint density at radius 3 is 2.50 bits per heavy atom. The molecule has 0 radical (unpaired) electrons. The van der Waals surface area contributed by atoms with Gasteiger partial charge in [-0.25, -0.2) is 17.9 Å². The van der Waals surface area contributed by atoms with Crippen molar-refractivity contribution in [1.82, 2.24) is 13.9 Å². The number of imidazole rings is 1. The molecule has 1 aromatic heterocycles. The zero-order valence-electron chi connectivity index (χ0n) is 11.3. The Morgan fingerprint density at radius 2 is 1.85 bits per heavy atom. The fourth-order valence-corrected chi connectivity index (χ4v) is 3.12. The van der Waals surface area contributed by atoms with Gasteiger partial charge in [-0.1, -0.05) is 0 Å². The second-order valence-corrected chi connectivity index (χ2v) is 6.29. The predicted octanol–water partition coefficient (Wildman–Crippen LogP) is -0.462. The summed E-state index contributed by atoms with van der Waals surface area (Å²) < 4.78 is 29.4. The second kappa shape index (κ2) is 5.39. The number of sulfonamides is 1. The third-order valence-electron chi connectivity index (χ3n) is 3.18. The van der Waals surface area contributed by atoms with Gasteiger partial charge in [-0.05, 0) is 24.6 Å². The van der Waals surface area contributed by atoms with E-state index in [4.69, 9.17) is 5.11 Å². The van der Waals surface area contributed by atoms with E-state index >= 15 is 0 Å². The number of nitrogens with one attached hydrogen (secondary N) is 1. The average molecular weight is 299 g/mol. The summed E-state index contributed by atoms with van der Waals surface area (Å²) in [5.41, 5.74) is 1.03. The number of nitrogens with zero attached hydrogens (tertiary/aromatic N) is 2. The Labute approximate surface area is 116 Å². The van der Waals surface area contributed by atoms with Crippen LogP contribution in [0, 0.1) is 0 Å². The van der Waals surface area contributed by atoms with E-state index in [9.17, 15) is 13.2 Å². The first-order valence-electron chi connectivity index (χ1n) is 6.14. The summed E-state index contributed by atoms with van der Waals surface area (Å²) in [6.45, 7) is 0.0966. The number of benzene rings is 1. The summed E-state index contributed by atoms with van der Waals surface area (Å²) in [7, 11) is -0.395. The number of fused-ring (bicyclic) bond motifs is 1. The van der Waals surface area contributed by atoms with Crippen molar-refractivity contribution < 1.29 is 13.5 Å². The monoisotopic (exact) mass is 299 g/mol. The van der Waals surface area contributed by atoms with Crippen molar-refractivity contribution in [1.29, 1.82) is 0 Å². The van der Waals surface area contributed by atoms with Gasteiger partial charge in [-0.2, -0.15) is 0 Å². The Kier molecular flexibility index (Phi) is 3.98. The van der Waals surface area contributed by atoms with Gasteiger partial charge in [0.05, 0.1) is 15.9 Å². The Balaban J connectivity index is 2.47. The molecule has 2 rings (SSSR count). The molecule has 0 spiro atoms. The summed E-state index contributed by atoms with van der Waals surface area (Å²) in [6, 6.07) is 4.54. The molecular formula is C12H17N3O4S. The van der Waals surface area contributed by atoms with E-state index in [2.05, 4.69) is 4.72 Å². The first kappa shape index (κ1) is 14.8. The molecule has 0 amide bonds. The standard InChI is InChI=1S/C12H17N3O4S/c1-14-10-5-4-9(8-11(10)15(2)12(14)17)20(18,19)13-6-3-7-16/h4-5,8,13,16H,3,6-7H2,1-2H3. The molecule has 0 aliphatic carbocycles. The van der Waals surface area contributed by atoms with Gasteiger partial charge in [0, 0.05) is 27.2 Å². The molecule has 0 bridgehead atoms. The number of hydrogen-bond donors (Lipinski definition) is 2. The van der Waals surface area contributed by atoms with Crippen LogP contribution in [-0.2, 0) is 24.1 Å². The van der Waals surface area contributed by atoms with Crippen LogP contribution in [0.15, 0.2) is 27.9 Å². The van der Waals surface area contributed by atoms with Crippen molar-refractivity contribution >= 4 is 21.1 Å². The Hall–Kier alpha value is -1.64. The predicted molar refractivity (Wildman–Crippen MR) is 75.1 cm³/mol. The van der Waals surface area contributed by atoms with Gasteiger partial charge in [-0.15, -0.1) is 0 Å². The van der Waals surface area contributed by atoms with Gasteiger partial charge in [0.1, 0.15) is 0 Å². The first-order chi connectivity index (χ1) is 9.38. The van der Waals surface area contributed by atoms with Gasteiger partial charge in [0.25, 0.3) is 0 Å². The minimum Gasteiger partial charge on any atom is -0.396 e. The molecule has 0 saturated heterocycles. The number of aliphatic hydroxyl groups is 1. The van der Waals surface area contributed by atoms with E-state index < -0.39 is 10.0 Å². The van der Waals surface area contributed by atoms with Gasteiger partial charge >= 0.3 is 5.69 Å². The van der Waals surface area contributed by atoms with Crippen LogP contribution >= 0.6 is 0 Å². The number of rotatable bonds is 5. The van der Waals surface area contributed by atoms with Crippen molar-refractivity contribution in [3.63, 3.8) is 0 Å².